The van der Waals surface area contributed by atoms with Gasteiger partial charge in [-0.05, 0) is 49.8 Å². The average molecular weight is 420 g/mol. The van der Waals surface area contributed by atoms with E-state index >= 15 is 0 Å². The smallest absolute Gasteiger partial charge is 0.246 e. The second-order valence-corrected chi connectivity index (χ2v) is 8.82. The van der Waals surface area contributed by atoms with E-state index in [0.29, 0.717) is 19.4 Å². The number of rotatable bonds is 8. The molecule has 2 aromatic rings. The maximum absolute atomic E-state index is 12.9. The fraction of sp³-hybridized carbons (Fsp3) is 0.462. The van der Waals surface area contributed by atoms with Crippen LogP contribution in [0.4, 0.5) is 0 Å². The van der Waals surface area contributed by atoms with Gasteiger partial charge in [-0.25, -0.2) is 0 Å². The van der Waals surface area contributed by atoms with Crippen LogP contribution in [-0.4, -0.2) is 53.3 Å². The maximum Gasteiger partial charge on any atom is 0.246 e. The minimum atomic E-state index is -0.699. The fourth-order valence-corrected chi connectivity index (χ4v) is 4.91. The van der Waals surface area contributed by atoms with Crippen molar-refractivity contribution in [1.29, 1.82) is 0 Å². The lowest BCUT2D eigenvalue weighted by Gasteiger charge is -2.50. The van der Waals surface area contributed by atoms with Crippen molar-refractivity contribution in [2.24, 2.45) is 0 Å². The summed E-state index contributed by atoms with van der Waals surface area (Å²) in [5.41, 5.74) is 1.79. The Morgan fingerprint density at radius 1 is 0.806 bits per heavy atom. The molecule has 31 heavy (non-hydrogen) atoms. The molecule has 0 aromatic heterocycles. The number of piperazine rings is 1. The number of piperidine rings is 1. The molecule has 0 radical (unpaired) electrons. The van der Waals surface area contributed by atoms with Crippen molar-refractivity contribution in [3.8, 4) is 0 Å². The first-order chi connectivity index (χ1) is 15.2. The molecule has 0 bridgehead atoms. The number of likely N-dealkylation sites (tertiary alicyclic amines) is 1. The number of nitrogens with zero attached hydrogens (tertiary/aromatic N) is 2. The van der Waals surface area contributed by atoms with E-state index in [4.69, 9.17) is 0 Å². The van der Waals surface area contributed by atoms with Crippen LogP contribution < -0.4 is 5.32 Å². The van der Waals surface area contributed by atoms with Gasteiger partial charge in [0, 0.05) is 19.6 Å². The Morgan fingerprint density at radius 2 is 1.45 bits per heavy atom. The van der Waals surface area contributed by atoms with Crippen LogP contribution in [0.25, 0.3) is 0 Å². The molecule has 164 valence electrons. The van der Waals surface area contributed by atoms with Crippen molar-refractivity contribution < 1.29 is 9.59 Å². The normalized spacial score (nSPS) is 18.9. The van der Waals surface area contributed by atoms with Gasteiger partial charge in [-0.1, -0.05) is 67.1 Å². The molecule has 0 saturated carbocycles. The summed E-state index contributed by atoms with van der Waals surface area (Å²) in [4.78, 5) is 30.0. The Bertz CT molecular complexity index is 861. The highest BCUT2D eigenvalue weighted by Crippen LogP contribution is 2.33. The lowest BCUT2D eigenvalue weighted by molar-refractivity contribution is -0.158. The fourth-order valence-electron chi connectivity index (χ4n) is 4.91. The Hall–Kier alpha value is -2.66. The molecule has 2 aliphatic rings. The van der Waals surface area contributed by atoms with E-state index in [1.807, 2.05) is 35.2 Å². The van der Waals surface area contributed by atoms with Gasteiger partial charge in [0.05, 0.1) is 6.54 Å². The molecule has 2 amide bonds. The van der Waals surface area contributed by atoms with E-state index in [1.54, 1.807) is 0 Å². The van der Waals surface area contributed by atoms with E-state index in [2.05, 4.69) is 40.5 Å². The lowest BCUT2D eigenvalue weighted by atomic mass is 9.82. The van der Waals surface area contributed by atoms with Crippen LogP contribution in [0.1, 0.15) is 43.2 Å². The number of hydrogen-bond donors (Lipinski definition) is 1. The predicted octanol–water partition coefficient (Wildman–Crippen LogP) is 3.39. The number of benzene rings is 2. The first-order valence-corrected chi connectivity index (χ1v) is 11.6. The lowest BCUT2D eigenvalue weighted by Crippen LogP contribution is -2.69. The molecule has 0 unspecified atom stereocenters. The molecule has 2 heterocycles. The summed E-state index contributed by atoms with van der Waals surface area (Å²) in [6.45, 7) is 3.42. The minimum Gasteiger partial charge on any atom is -0.345 e. The van der Waals surface area contributed by atoms with Gasteiger partial charge in [0.25, 0.3) is 0 Å². The van der Waals surface area contributed by atoms with Crippen LogP contribution >= 0.6 is 0 Å². The van der Waals surface area contributed by atoms with E-state index in [0.717, 1.165) is 31.6 Å². The summed E-state index contributed by atoms with van der Waals surface area (Å²) < 4.78 is 0. The summed E-state index contributed by atoms with van der Waals surface area (Å²) in [6.07, 6.45) is 6.17. The average Bonchev–Trinajstić information content (AvgIpc) is 2.82. The standard InChI is InChI=1S/C26H33N3O2/c30-24-20-27-25(31)26(29(24)21-23-13-6-2-7-14-23)15-18-28(19-16-26)17-9-3-8-12-22-10-4-1-5-11-22/h1-2,4-7,10-11,13-14H,3,8-9,12,15-21H2,(H,27,31). The second-order valence-electron chi connectivity index (χ2n) is 8.82. The second kappa shape index (κ2) is 10.1. The molecule has 2 aromatic carbocycles. The van der Waals surface area contributed by atoms with Crippen LogP contribution in [0.2, 0.25) is 0 Å². The largest absolute Gasteiger partial charge is 0.345 e. The van der Waals surface area contributed by atoms with Crippen LogP contribution in [0, 0.1) is 0 Å². The SMILES string of the molecule is O=C1CNC(=O)C2(CCN(CCCCCc3ccccc3)CC2)N1Cc1ccccc1. The van der Waals surface area contributed by atoms with Gasteiger partial charge in [-0.15, -0.1) is 0 Å². The van der Waals surface area contributed by atoms with Gasteiger partial charge in [-0.3, -0.25) is 9.59 Å². The van der Waals surface area contributed by atoms with Crippen LogP contribution in [0.3, 0.4) is 0 Å². The Morgan fingerprint density at radius 3 is 2.13 bits per heavy atom. The molecule has 2 aliphatic heterocycles. The van der Waals surface area contributed by atoms with Gasteiger partial charge < -0.3 is 15.1 Å². The summed E-state index contributed by atoms with van der Waals surface area (Å²) in [5, 5.41) is 2.85. The van der Waals surface area contributed by atoms with Crippen molar-refractivity contribution in [1.82, 2.24) is 15.1 Å². The first-order valence-electron chi connectivity index (χ1n) is 11.6. The maximum atomic E-state index is 12.9. The Kier molecular flexibility index (Phi) is 7.03. The van der Waals surface area contributed by atoms with Gasteiger partial charge in [0.2, 0.25) is 11.8 Å². The molecular formula is C26H33N3O2. The van der Waals surface area contributed by atoms with Crippen molar-refractivity contribution in [2.75, 3.05) is 26.2 Å². The Labute approximate surface area is 185 Å². The third-order valence-corrected chi connectivity index (χ3v) is 6.79. The molecule has 2 fully saturated rings. The molecule has 0 atom stereocenters. The first kappa shape index (κ1) is 21.6. The molecular weight excluding hydrogens is 386 g/mol. The third kappa shape index (κ3) is 5.16. The third-order valence-electron chi connectivity index (χ3n) is 6.79. The number of carbonyl (C=O) groups excluding carboxylic acids is 2. The van der Waals surface area contributed by atoms with Gasteiger partial charge in [0.1, 0.15) is 5.54 Å². The zero-order valence-electron chi connectivity index (χ0n) is 18.3. The van der Waals surface area contributed by atoms with Gasteiger partial charge in [-0.2, -0.15) is 0 Å². The van der Waals surface area contributed by atoms with E-state index in [-0.39, 0.29) is 18.4 Å². The van der Waals surface area contributed by atoms with Gasteiger partial charge in [0.15, 0.2) is 0 Å². The minimum absolute atomic E-state index is 0.0190. The van der Waals surface area contributed by atoms with Crippen molar-refractivity contribution in [3.05, 3.63) is 71.8 Å². The predicted molar refractivity (Wildman–Crippen MR) is 122 cm³/mol. The monoisotopic (exact) mass is 419 g/mol. The number of unbranched alkanes of at least 4 members (excludes halogenated alkanes) is 2. The molecule has 2 saturated heterocycles. The molecule has 5 heteroatoms. The number of carbonyl (C=O) groups is 2. The zero-order valence-corrected chi connectivity index (χ0v) is 18.3. The quantitative estimate of drug-likeness (QED) is 0.668. The number of aryl methyl sites for hydroxylation is 1. The van der Waals surface area contributed by atoms with Crippen molar-refractivity contribution >= 4 is 11.8 Å². The molecule has 1 N–H and O–H groups in total. The molecule has 4 rings (SSSR count). The highest BCUT2D eigenvalue weighted by molar-refractivity contribution is 5.98. The van der Waals surface area contributed by atoms with Crippen LogP contribution in [-0.2, 0) is 22.6 Å². The molecule has 1 spiro atoms. The van der Waals surface area contributed by atoms with Crippen LogP contribution in [0.5, 0.6) is 0 Å². The molecule has 0 aliphatic carbocycles. The number of nitrogens with one attached hydrogen (secondary N) is 1. The van der Waals surface area contributed by atoms with Gasteiger partial charge >= 0.3 is 0 Å². The topological polar surface area (TPSA) is 52.7 Å². The summed E-state index contributed by atoms with van der Waals surface area (Å²) in [7, 11) is 0. The molecule has 5 nitrogen and oxygen atoms in total. The van der Waals surface area contributed by atoms with Crippen LogP contribution in [0.15, 0.2) is 60.7 Å². The highest BCUT2D eigenvalue weighted by atomic mass is 16.2. The number of hydrogen-bond acceptors (Lipinski definition) is 3. The van der Waals surface area contributed by atoms with E-state index < -0.39 is 5.54 Å². The summed E-state index contributed by atoms with van der Waals surface area (Å²) in [5.74, 6) is 0.0448. The summed E-state index contributed by atoms with van der Waals surface area (Å²) >= 11 is 0. The van der Waals surface area contributed by atoms with E-state index in [9.17, 15) is 9.59 Å². The van der Waals surface area contributed by atoms with E-state index in [1.165, 1.54) is 24.8 Å². The van der Waals surface area contributed by atoms with Crippen molar-refractivity contribution in [3.63, 3.8) is 0 Å². The number of amides is 2. The highest BCUT2D eigenvalue weighted by Gasteiger charge is 2.50. The van der Waals surface area contributed by atoms with Crippen molar-refractivity contribution in [2.45, 2.75) is 50.6 Å². The Balaban J connectivity index is 1.28. The zero-order chi connectivity index (χ0) is 21.5. The summed E-state index contributed by atoms with van der Waals surface area (Å²) in [6, 6.07) is 20.7.